The largest absolute Gasteiger partial charge is 0.416 e. The van der Waals surface area contributed by atoms with Crippen LogP contribution in [0.3, 0.4) is 0 Å². The molecule has 1 fully saturated rings. The van der Waals surface area contributed by atoms with Crippen LogP contribution in [0.25, 0.3) is 0 Å². The van der Waals surface area contributed by atoms with E-state index >= 15 is 0 Å². The van der Waals surface area contributed by atoms with Gasteiger partial charge < -0.3 is 15.0 Å². The highest BCUT2D eigenvalue weighted by Crippen LogP contribution is 2.33. The lowest BCUT2D eigenvalue weighted by Gasteiger charge is -2.26. The molecule has 9 heteroatoms. The molecule has 0 bridgehead atoms. The fraction of sp³-hybridized carbons (Fsp3) is 0.600. The average Bonchev–Trinajstić information content (AvgIpc) is 2.67. The van der Waals surface area contributed by atoms with Crippen LogP contribution >= 0.6 is 11.6 Å². The highest BCUT2D eigenvalue weighted by molar-refractivity contribution is 6.29. The van der Waals surface area contributed by atoms with Gasteiger partial charge in [-0.25, -0.2) is 0 Å². The van der Waals surface area contributed by atoms with E-state index in [0.717, 1.165) is 12.1 Å². The summed E-state index contributed by atoms with van der Waals surface area (Å²) in [5, 5.41) is 2.76. The summed E-state index contributed by atoms with van der Waals surface area (Å²) in [5.74, 6) is -1.24. The zero-order valence-electron chi connectivity index (χ0n) is 16.5. The minimum absolute atomic E-state index is 0.0169. The lowest BCUT2D eigenvalue weighted by Crippen LogP contribution is -2.39. The van der Waals surface area contributed by atoms with Crippen molar-refractivity contribution in [2.45, 2.75) is 45.3 Å². The van der Waals surface area contributed by atoms with Crippen LogP contribution in [0.2, 0.25) is 0 Å². The van der Waals surface area contributed by atoms with E-state index in [1.165, 1.54) is 11.0 Å². The molecule has 5 nitrogen and oxygen atoms in total. The zero-order chi connectivity index (χ0) is 21.6. The van der Waals surface area contributed by atoms with Gasteiger partial charge in [-0.05, 0) is 43.4 Å². The first-order chi connectivity index (χ1) is 13.6. The van der Waals surface area contributed by atoms with Crippen LogP contribution in [0.4, 0.5) is 18.9 Å². The molecular weight excluding hydrogens is 409 g/mol. The Bertz CT molecular complexity index is 719. The van der Waals surface area contributed by atoms with E-state index in [0.29, 0.717) is 32.5 Å². The molecule has 0 saturated carbocycles. The number of carbonyl (C=O) groups is 2. The quantitative estimate of drug-likeness (QED) is 0.653. The van der Waals surface area contributed by atoms with E-state index in [2.05, 4.69) is 5.32 Å². The van der Waals surface area contributed by atoms with E-state index in [1.54, 1.807) is 0 Å². The van der Waals surface area contributed by atoms with Gasteiger partial charge in [-0.1, -0.05) is 13.8 Å². The first kappa shape index (κ1) is 23.5. The maximum Gasteiger partial charge on any atom is 0.416 e. The number of alkyl halides is 4. The third-order valence-corrected chi connectivity index (χ3v) is 4.95. The Hall–Kier alpha value is -1.80. The Balaban J connectivity index is 2.37. The molecule has 1 aliphatic heterocycles. The van der Waals surface area contributed by atoms with Crippen molar-refractivity contribution in [3.63, 3.8) is 0 Å². The molecule has 162 valence electrons. The van der Waals surface area contributed by atoms with Crippen molar-refractivity contribution >= 4 is 29.1 Å². The first-order valence-corrected chi connectivity index (χ1v) is 10.1. The lowest BCUT2D eigenvalue weighted by molar-refractivity contribution is -0.137. The Kier molecular flexibility index (Phi) is 8.34. The second kappa shape index (κ2) is 10.3. The molecule has 1 heterocycles. The molecule has 1 N–H and O–H groups in total. The summed E-state index contributed by atoms with van der Waals surface area (Å²) in [6.45, 7) is 5.09. The van der Waals surface area contributed by atoms with Gasteiger partial charge in [-0.15, -0.1) is 11.6 Å². The monoisotopic (exact) mass is 434 g/mol. The maximum absolute atomic E-state index is 13.5. The third kappa shape index (κ3) is 6.89. The van der Waals surface area contributed by atoms with Crippen molar-refractivity contribution in [3.8, 4) is 0 Å². The Labute approximate surface area is 173 Å². The number of hydrogen-bond donors (Lipinski definition) is 1. The molecular formula is C20H26ClF3N2O3. The molecule has 1 saturated heterocycles. The number of nitrogens with zero attached hydrogens (tertiary/aromatic N) is 1. The number of hydrogen-bond acceptors (Lipinski definition) is 3. The van der Waals surface area contributed by atoms with E-state index in [9.17, 15) is 22.8 Å². The highest BCUT2D eigenvalue weighted by Gasteiger charge is 2.33. The van der Waals surface area contributed by atoms with Crippen LogP contribution in [-0.2, 0) is 15.7 Å². The van der Waals surface area contributed by atoms with Gasteiger partial charge in [0.1, 0.15) is 5.88 Å². The molecule has 1 aromatic rings. The van der Waals surface area contributed by atoms with Crippen molar-refractivity contribution in [3.05, 3.63) is 29.3 Å². The van der Waals surface area contributed by atoms with Gasteiger partial charge in [0.05, 0.1) is 5.56 Å². The average molecular weight is 435 g/mol. The van der Waals surface area contributed by atoms with Gasteiger partial charge in [0.2, 0.25) is 5.91 Å². The number of rotatable bonds is 7. The number of amides is 2. The number of carbonyl (C=O) groups excluding carboxylic acids is 2. The van der Waals surface area contributed by atoms with Crippen LogP contribution in [0.15, 0.2) is 18.2 Å². The fourth-order valence-electron chi connectivity index (χ4n) is 3.03. The van der Waals surface area contributed by atoms with E-state index < -0.39 is 23.6 Å². The second-order valence-corrected chi connectivity index (χ2v) is 7.76. The summed E-state index contributed by atoms with van der Waals surface area (Å²) in [4.78, 5) is 26.1. The lowest BCUT2D eigenvalue weighted by atomic mass is 10.0. The molecule has 1 aliphatic rings. The SMILES string of the molecule is CC(C)CCN(C(=O)CCl)c1cc(C(=O)NC2CCOCC2)cc(C(F)(F)F)c1. The summed E-state index contributed by atoms with van der Waals surface area (Å²) in [5.41, 5.74) is -1.11. The minimum Gasteiger partial charge on any atom is -0.381 e. The number of benzene rings is 1. The molecule has 1 aromatic carbocycles. The van der Waals surface area contributed by atoms with Crippen LogP contribution in [0.5, 0.6) is 0 Å². The summed E-state index contributed by atoms with van der Waals surface area (Å²) in [6, 6.07) is 2.85. The molecule has 0 atom stereocenters. The maximum atomic E-state index is 13.5. The topological polar surface area (TPSA) is 58.6 Å². The van der Waals surface area contributed by atoms with Gasteiger partial charge in [-0.3, -0.25) is 9.59 Å². The van der Waals surface area contributed by atoms with E-state index in [4.69, 9.17) is 16.3 Å². The zero-order valence-corrected chi connectivity index (χ0v) is 17.3. The summed E-state index contributed by atoms with van der Waals surface area (Å²) in [6.07, 6.45) is -2.87. The molecule has 0 radical (unpaired) electrons. The summed E-state index contributed by atoms with van der Waals surface area (Å²) in [7, 11) is 0. The number of halogens is 4. The first-order valence-electron chi connectivity index (χ1n) is 9.59. The molecule has 0 aromatic heterocycles. The van der Waals surface area contributed by atoms with E-state index in [1.807, 2.05) is 13.8 Å². The Morgan fingerprint density at radius 1 is 1.24 bits per heavy atom. The molecule has 29 heavy (non-hydrogen) atoms. The van der Waals surface area contributed by atoms with Crippen molar-refractivity contribution in [1.82, 2.24) is 5.32 Å². The van der Waals surface area contributed by atoms with Gasteiger partial charge >= 0.3 is 6.18 Å². The molecule has 2 amide bonds. The van der Waals surface area contributed by atoms with Crippen molar-refractivity contribution < 1.29 is 27.5 Å². The third-order valence-electron chi connectivity index (χ3n) is 4.72. The van der Waals surface area contributed by atoms with Crippen LogP contribution in [0, 0.1) is 5.92 Å². The van der Waals surface area contributed by atoms with Gasteiger partial charge in [0.25, 0.3) is 5.91 Å². The minimum atomic E-state index is -4.66. The van der Waals surface area contributed by atoms with Crippen molar-refractivity contribution in [2.75, 3.05) is 30.5 Å². The predicted octanol–water partition coefficient (Wildman–Crippen LogP) is 4.23. The normalized spacial score (nSPS) is 15.4. The predicted molar refractivity (Wildman–Crippen MR) is 105 cm³/mol. The standard InChI is InChI=1S/C20H26ClF3N2O3/c1-13(2)3-6-26(18(27)12-21)17-10-14(9-15(11-17)20(22,23)24)19(28)25-16-4-7-29-8-5-16/h9-11,13,16H,3-8,12H2,1-2H3,(H,25,28). The van der Waals surface area contributed by atoms with Crippen LogP contribution in [0.1, 0.15) is 49.0 Å². The Morgan fingerprint density at radius 2 is 1.90 bits per heavy atom. The number of ether oxygens (including phenoxy) is 1. The molecule has 0 unspecified atom stereocenters. The smallest absolute Gasteiger partial charge is 0.381 e. The Morgan fingerprint density at radius 3 is 2.45 bits per heavy atom. The number of nitrogens with one attached hydrogen (secondary N) is 1. The van der Waals surface area contributed by atoms with Gasteiger partial charge in [0.15, 0.2) is 0 Å². The second-order valence-electron chi connectivity index (χ2n) is 7.49. The van der Waals surface area contributed by atoms with Crippen LogP contribution < -0.4 is 10.2 Å². The molecule has 2 rings (SSSR count). The summed E-state index contributed by atoms with van der Waals surface area (Å²) >= 11 is 5.67. The van der Waals surface area contributed by atoms with Crippen molar-refractivity contribution in [2.24, 2.45) is 5.92 Å². The highest BCUT2D eigenvalue weighted by atomic mass is 35.5. The van der Waals surface area contributed by atoms with Gasteiger partial charge in [-0.2, -0.15) is 13.2 Å². The number of anilines is 1. The molecule has 0 aliphatic carbocycles. The molecule has 0 spiro atoms. The van der Waals surface area contributed by atoms with Crippen molar-refractivity contribution in [1.29, 1.82) is 0 Å². The fourth-order valence-corrected chi connectivity index (χ4v) is 3.17. The van der Waals surface area contributed by atoms with Crippen LogP contribution in [-0.4, -0.2) is 43.5 Å². The summed E-state index contributed by atoms with van der Waals surface area (Å²) < 4.78 is 45.6. The van der Waals surface area contributed by atoms with E-state index in [-0.39, 0.29) is 35.6 Å². The van der Waals surface area contributed by atoms with Gasteiger partial charge in [0, 0.05) is 37.1 Å².